The van der Waals surface area contributed by atoms with Crippen LogP contribution in [0.25, 0.3) is 0 Å². The molecule has 0 aromatic carbocycles. The Labute approximate surface area is 108 Å². The van der Waals surface area contributed by atoms with E-state index in [0.717, 1.165) is 11.4 Å². The van der Waals surface area contributed by atoms with Crippen LogP contribution >= 0.6 is 0 Å². The Kier molecular flexibility index (Phi) is 4.84. The van der Waals surface area contributed by atoms with Gasteiger partial charge in [0.1, 0.15) is 0 Å². The van der Waals surface area contributed by atoms with Crippen molar-refractivity contribution in [1.82, 2.24) is 4.98 Å². The fourth-order valence-corrected chi connectivity index (χ4v) is 2.30. The zero-order valence-corrected chi connectivity index (χ0v) is 11.3. The number of nitrogens with zero attached hydrogens (tertiary/aromatic N) is 1. The molecule has 18 heavy (non-hydrogen) atoms. The number of aliphatic carboxylic acids is 1. The average molecular weight is 250 g/mol. The zero-order chi connectivity index (χ0) is 13.8. The van der Waals surface area contributed by atoms with Gasteiger partial charge in [-0.15, -0.1) is 0 Å². The number of aryl methyl sites for hydroxylation is 1. The molecule has 0 radical (unpaired) electrons. The Morgan fingerprint density at radius 2 is 2.17 bits per heavy atom. The van der Waals surface area contributed by atoms with Gasteiger partial charge in [-0.2, -0.15) is 0 Å². The molecule has 0 amide bonds. The first kappa shape index (κ1) is 14.6. The predicted molar refractivity (Wildman–Crippen MR) is 71.3 cm³/mol. The van der Waals surface area contributed by atoms with E-state index in [-0.39, 0.29) is 12.5 Å². The summed E-state index contributed by atoms with van der Waals surface area (Å²) in [6.07, 6.45) is 0.952. The Hall–Kier alpha value is -1.42. The molecular weight excluding hydrogens is 228 g/mol. The highest BCUT2D eigenvalue weighted by Crippen LogP contribution is 2.30. The third kappa shape index (κ3) is 3.53. The predicted octanol–water partition coefficient (Wildman–Crippen LogP) is 2.01. The lowest BCUT2D eigenvalue weighted by Crippen LogP contribution is -2.42. The molecule has 0 saturated carbocycles. The van der Waals surface area contributed by atoms with Crippen molar-refractivity contribution in [2.45, 2.75) is 33.6 Å². The molecule has 0 fully saturated rings. The van der Waals surface area contributed by atoms with Crippen LogP contribution in [-0.2, 0) is 11.2 Å². The molecule has 0 spiro atoms. The van der Waals surface area contributed by atoms with Crippen molar-refractivity contribution >= 4 is 5.97 Å². The lowest BCUT2D eigenvalue weighted by Gasteiger charge is -2.29. The molecule has 0 aliphatic carbocycles. The van der Waals surface area contributed by atoms with Gasteiger partial charge >= 0.3 is 5.97 Å². The summed E-state index contributed by atoms with van der Waals surface area (Å²) in [6.45, 7) is 6.06. The van der Waals surface area contributed by atoms with Gasteiger partial charge in [-0.25, -0.2) is 0 Å². The summed E-state index contributed by atoms with van der Waals surface area (Å²) in [5, 5.41) is 9.50. The van der Waals surface area contributed by atoms with Crippen LogP contribution in [0.5, 0.6) is 0 Å². The van der Waals surface area contributed by atoms with Gasteiger partial charge < -0.3 is 10.8 Å². The van der Waals surface area contributed by atoms with Gasteiger partial charge in [-0.1, -0.05) is 19.9 Å². The van der Waals surface area contributed by atoms with Crippen LogP contribution < -0.4 is 5.73 Å². The molecule has 4 heteroatoms. The average Bonchev–Trinajstić information content (AvgIpc) is 2.27. The van der Waals surface area contributed by atoms with Crippen molar-refractivity contribution in [3.05, 3.63) is 29.6 Å². The number of carbonyl (C=O) groups is 1. The van der Waals surface area contributed by atoms with Gasteiger partial charge in [0, 0.05) is 24.4 Å². The zero-order valence-electron chi connectivity index (χ0n) is 11.3. The van der Waals surface area contributed by atoms with Crippen LogP contribution in [-0.4, -0.2) is 22.6 Å². The van der Waals surface area contributed by atoms with E-state index in [4.69, 9.17) is 5.73 Å². The maximum atomic E-state index is 11.6. The van der Waals surface area contributed by atoms with Crippen molar-refractivity contribution < 1.29 is 9.90 Å². The Balaban J connectivity index is 3.00. The minimum absolute atomic E-state index is 0.135. The molecule has 1 atom stereocenters. The first-order valence-electron chi connectivity index (χ1n) is 6.25. The molecule has 1 unspecified atom stereocenters. The molecule has 0 bridgehead atoms. The van der Waals surface area contributed by atoms with Crippen molar-refractivity contribution in [3.8, 4) is 0 Å². The van der Waals surface area contributed by atoms with Crippen molar-refractivity contribution in [1.29, 1.82) is 0 Å². The van der Waals surface area contributed by atoms with Gasteiger partial charge in [-0.3, -0.25) is 9.78 Å². The van der Waals surface area contributed by atoms with Crippen LogP contribution in [0.1, 0.15) is 31.7 Å². The van der Waals surface area contributed by atoms with Crippen molar-refractivity contribution in [3.63, 3.8) is 0 Å². The summed E-state index contributed by atoms with van der Waals surface area (Å²) >= 11 is 0. The van der Waals surface area contributed by atoms with Gasteiger partial charge in [0.05, 0.1) is 5.41 Å². The molecule has 0 aliphatic heterocycles. The topological polar surface area (TPSA) is 76.2 Å². The van der Waals surface area contributed by atoms with Crippen LogP contribution in [0, 0.1) is 18.3 Å². The molecule has 0 aliphatic rings. The van der Waals surface area contributed by atoms with Crippen molar-refractivity contribution in [2.24, 2.45) is 17.1 Å². The normalized spacial score (nSPS) is 14.5. The van der Waals surface area contributed by atoms with Crippen LogP contribution in [0.2, 0.25) is 0 Å². The summed E-state index contributed by atoms with van der Waals surface area (Å²) in [6, 6.07) is 5.66. The summed E-state index contributed by atoms with van der Waals surface area (Å²) in [5.74, 6) is -0.545. The van der Waals surface area contributed by atoms with E-state index in [1.165, 1.54) is 0 Å². The maximum Gasteiger partial charge on any atom is 0.311 e. The molecule has 1 heterocycles. The minimum atomic E-state index is -0.908. The molecule has 1 rings (SSSR count). The number of hydrogen-bond donors (Lipinski definition) is 2. The third-order valence-electron chi connectivity index (χ3n) is 3.11. The highest BCUT2D eigenvalue weighted by molar-refractivity contribution is 5.75. The quantitative estimate of drug-likeness (QED) is 0.809. The van der Waals surface area contributed by atoms with Crippen molar-refractivity contribution in [2.75, 3.05) is 6.54 Å². The lowest BCUT2D eigenvalue weighted by molar-refractivity contribution is -0.149. The molecule has 4 nitrogen and oxygen atoms in total. The van der Waals surface area contributed by atoms with Crippen LogP contribution in [0.15, 0.2) is 18.2 Å². The first-order valence-corrected chi connectivity index (χ1v) is 6.25. The standard InChI is InChI=1S/C14H22N2O2/c1-10(2)7-14(9-15,13(17)18)8-12-6-4-5-11(3)16-12/h4-6,10H,7-9,15H2,1-3H3,(H,17,18). The number of carboxylic acids is 1. The summed E-state index contributed by atoms with van der Waals surface area (Å²) in [5.41, 5.74) is 6.52. The molecular formula is C14H22N2O2. The molecule has 100 valence electrons. The number of rotatable bonds is 6. The summed E-state index contributed by atoms with van der Waals surface area (Å²) < 4.78 is 0. The fourth-order valence-electron chi connectivity index (χ4n) is 2.30. The monoisotopic (exact) mass is 250 g/mol. The van der Waals surface area contributed by atoms with E-state index in [2.05, 4.69) is 4.98 Å². The summed E-state index contributed by atoms with van der Waals surface area (Å²) in [7, 11) is 0. The Morgan fingerprint density at radius 1 is 1.50 bits per heavy atom. The molecule has 3 N–H and O–H groups in total. The largest absolute Gasteiger partial charge is 0.481 e. The molecule has 1 aromatic heterocycles. The number of aromatic nitrogens is 1. The molecule has 0 saturated heterocycles. The Morgan fingerprint density at radius 3 is 2.61 bits per heavy atom. The summed E-state index contributed by atoms with van der Waals surface area (Å²) in [4.78, 5) is 15.9. The third-order valence-corrected chi connectivity index (χ3v) is 3.11. The second-order valence-corrected chi connectivity index (χ2v) is 5.33. The van der Waals surface area contributed by atoms with E-state index in [1.807, 2.05) is 39.0 Å². The Bertz CT molecular complexity index is 418. The van der Waals surface area contributed by atoms with Gasteiger partial charge in [0.25, 0.3) is 0 Å². The van der Waals surface area contributed by atoms with Gasteiger partial charge in [-0.05, 0) is 31.4 Å². The van der Waals surface area contributed by atoms with E-state index < -0.39 is 11.4 Å². The van der Waals surface area contributed by atoms with E-state index >= 15 is 0 Å². The number of pyridine rings is 1. The van der Waals surface area contributed by atoms with E-state index in [1.54, 1.807) is 0 Å². The second kappa shape index (κ2) is 5.96. The lowest BCUT2D eigenvalue weighted by atomic mass is 9.76. The maximum absolute atomic E-state index is 11.6. The number of hydrogen-bond acceptors (Lipinski definition) is 3. The van der Waals surface area contributed by atoms with Crippen LogP contribution in [0.3, 0.4) is 0 Å². The SMILES string of the molecule is Cc1cccc(CC(CN)(CC(C)C)C(=O)O)n1. The molecule has 1 aromatic rings. The smallest absolute Gasteiger partial charge is 0.311 e. The van der Waals surface area contributed by atoms with Crippen LogP contribution in [0.4, 0.5) is 0 Å². The number of nitrogens with two attached hydrogens (primary N) is 1. The van der Waals surface area contributed by atoms with Gasteiger partial charge in [0.15, 0.2) is 0 Å². The van der Waals surface area contributed by atoms with E-state index in [9.17, 15) is 9.90 Å². The minimum Gasteiger partial charge on any atom is -0.481 e. The van der Waals surface area contributed by atoms with Gasteiger partial charge in [0.2, 0.25) is 0 Å². The van der Waals surface area contributed by atoms with E-state index in [0.29, 0.717) is 12.8 Å². The fraction of sp³-hybridized carbons (Fsp3) is 0.571. The highest BCUT2D eigenvalue weighted by atomic mass is 16.4. The number of carboxylic acid groups (broad SMARTS) is 1. The first-order chi connectivity index (χ1) is 8.39. The second-order valence-electron chi connectivity index (χ2n) is 5.33. The highest BCUT2D eigenvalue weighted by Gasteiger charge is 2.38.